The van der Waals surface area contributed by atoms with E-state index in [9.17, 15) is 45.6 Å². The lowest BCUT2D eigenvalue weighted by Gasteiger charge is -2.46. The highest BCUT2D eigenvalue weighted by atomic mass is 16.7. The molecule has 0 radical (unpaired) electrons. The number of allylic oxidation sites excluding steroid dienone is 1. The number of unbranched alkanes of at least 4 members (excludes halogenated alkanes) is 35. The zero-order chi connectivity index (χ0) is 52.4. The molecule has 0 saturated carbocycles. The second-order valence-corrected chi connectivity index (χ2v) is 21.5. The molecule has 9 N–H and O–H groups in total. The van der Waals surface area contributed by atoms with Crippen molar-refractivity contribution in [2.24, 2.45) is 0 Å². The van der Waals surface area contributed by atoms with Crippen molar-refractivity contribution in [3.63, 3.8) is 0 Å². The zero-order valence-corrected chi connectivity index (χ0v) is 45.7. The van der Waals surface area contributed by atoms with Gasteiger partial charge < -0.3 is 65.1 Å². The van der Waals surface area contributed by atoms with E-state index in [0.717, 1.165) is 44.9 Å². The summed E-state index contributed by atoms with van der Waals surface area (Å²) in [5, 5.41) is 86.7. The Hall–Kier alpha value is -1.27. The van der Waals surface area contributed by atoms with Crippen LogP contribution in [0.25, 0.3) is 0 Å². The Morgan fingerprint density at radius 3 is 1.28 bits per heavy atom. The highest BCUT2D eigenvalue weighted by Crippen LogP contribution is 2.30. The van der Waals surface area contributed by atoms with Crippen LogP contribution in [-0.2, 0) is 23.7 Å². The molecular weight excluding hydrogens is 919 g/mol. The third-order valence-electron chi connectivity index (χ3n) is 15.0. The van der Waals surface area contributed by atoms with Crippen LogP contribution in [0.1, 0.15) is 258 Å². The Balaban J connectivity index is 1.60. The van der Waals surface area contributed by atoms with E-state index in [1.165, 1.54) is 186 Å². The van der Waals surface area contributed by atoms with E-state index in [2.05, 4.69) is 19.2 Å². The summed E-state index contributed by atoms with van der Waals surface area (Å²) in [6, 6.07) is -0.907. The Morgan fingerprint density at radius 2 is 0.861 bits per heavy atom. The third-order valence-corrected chi connectivity index (χ3v) is 15.0. The van der Waals surface area contributed by atoms with E-state index in [4.69, 9.17) is 18.9 Å². The molecule has 2 rings (SSSR count). The fourth-order valence-electron chi connectivity index (χ4n) is 10.1. The number of rotatable bonds is 48. The van der Waals surface area contributed by atoms with E-state index >= 15 is 0 Å². The molecule has 2 heterocycles. The summed E-state index contributed by atoms with van der Waals surface area (Å²) in [6.07, 6.45) is 34.5. The van der Waals surface area contributed by atoms with Gasteiger partial charge in [-0.15, -0.1) is 0 Å². The maximum absolute atomic E-state index is 13.2. The minimum atomic E-state index is -1.78. The first-order valence-corrected chi connectivity index (χ1v) is 29.9. The molecule has 2 aliphatic heterocycles. The van der Waals surface area contributed by atoms with Gasteiger partial charge in [-0.1, -0.05) is 244 Å². The molecule has 2 aliphatic rings. The second kappa shape index (κ2) is 44.8. The van der Waals surface area contributed by atoms with Crippen molar-refractivity contribution < 1.29 is 64.6 Å². The number of nitrogens with one attached hydrogen (secondary N) is 1. The molecule has 72 heavy (non-hydrogen) atoms. The topological polar surface area (TPSA) is 228 Å². The third kappa shape index (κ3) is 30.5. The lowest BCUT2D eigenvalue weighted by Crippen LogP contribution is -2.65. The number of carbonyl (C=O) groups is 1. The van der Waals surface area contributed by atoms with Crippen molar-refractivity contribution in [1.82, 2.24) is 5.32 Å². The number of carbonyl (C=O) groups excluding carboxylic acids is 1. The Bertz CT molecular complexity index is 1260. The standard InChI is InChI=1S/C58H111NO13/c1-3-5-7-9-11-13-14-15-16-17-18-19-20-21-22-23-24-25-26-27-28-29-30-31-32-33-34-36-38-40-42-50(63)59-46(47(62)41-39-37-35-12-10-8-6-4-2)45-69-57-55(68)53(66)56(49(44-61)71-57)72-58-54(67)52(65)51(64)48(43-60)70-58/h39,41,46-49,51-58,60-62,64-68H,3-38,40,42-45H2,1-2H3,(H,59,63)/b41-39+. The van der Waals surface area contributed by atoms with Crippen molar-refractivity contribution in [3.05, 3.63) is 12.2 Å². The highest BCUT2D eigenvalue weighted by Gasteiger charge is 2.51. The summed E-state index contributed by atoms with van der Waals surface area (Å²) in [5.41, 5.74) is 0. The van der Waals surface area contributed by atoms with Crippen LogP contribution in [0.2, 0.25) is 0 Å². The number of aliphatic hydroxyl groups is 8. The maximum atomic E-state index is 13.2. The fourth-order valence-corrected chi connectivity index (χ4v) is 10.1. The summed E-state index contributed by atoms with van der Waals surface area (Å²) in [7, 11) is 0. The van der Waals surface area contributed by atoms with Crippen LogP contribution < -0.4 is 5.32 Å². The lowest BCUT2D eigenvalue weighted by atomic mass is 9.97. The predicted octanol–water partition coefficient (Wildman–Crippen LogP) is 9.89. The summed E-state index contributed by atoms with van der Waals surface area (Å²) in [4.78, 5) is 13.2. The van der Waals surface area contributed by atoms with Crippen LogP contribution in [0.3, 0.4) is 0 Å². The van der Waals surface area contributed by atoms with Crippen molar-refractivity contribution >= 4 is 5.91 Å². The lowest BCUT2D eigenvalue weighted by molar-refractivity contribution is -0.359. The minimum absolute atomic E-state index is 0.237. The molecule has 2 fully saturated rings. The predicted molar refractivity (Wildman–Crippen MR) is 286 cm³/mol. The number of aliphatic hydroxyl groups excluding tert-OH is 8. The monoisotopic (exact) mass is 1030 g/mol. The molecule has 14 nitrogen and oxygen atoms in total. The van der Waals surface area contributed by atoms with Gasteiger partial charge in [0.25, 0.3) is 0 Å². The molecule has 14 heteroatoms. The van der Waals surface area contributed by atoms with Gasteiger partial charge in [0.1, 0.15) is 48.8 Å². The first kappa shape index (κ1) is 66.8. The van der Waals surface area contributed by atoms with E-state index in [0.29, 0.717) is 6.42 Å². The maximum Gasteiger partial charge on any atom is 0.220 e. The molecule has 0 spiro atoms. The van der Waals surface area contributed by atoms with E-state index in [1.54, 1.807) is 6.08 Å². The molecule has 0 aromatic rings. The summed E-state index contributed by atoms with van der Waals surface area (Å²) in [6.45, 7) is 2.77. The summed E-state index contributed by atoms with van der Waals surface area (Å²) >= 11 is 0. The highest BCUT2D eigenvalue weighted by molar-refractivity contribution is 5.76. The average molecular weight is 1030 g/mol. The van der Waals surface area contributed by atoms with Crippen molar-refractivity contribution in [1.29, 1.82) is 0 Å². The Kier molecular flexibility index (Phi) is 41.6. The van der Waals surface area contributed by atoms with Gasteiger partial charge in [-0.25, -0.2) is 0 Å². The summed E-state index contributed by atoms with van der Waals surface area (Å²) < 4.78 is 22.7. The van der Waals surface area contributed by atoms with Crippen LogP contribution in [0.4, 0.5) is 0 Å². The molecular formula is C58H111NO13. The van der Waals surface area contributed by atoms with Crippen LogP contribution in [0, 0.1) is 0 Å². The van der Waals surface area contributed by atoms with Gasteiger partial charge in [-0.05, 0) is 19.3 Å². The van der Waals surface area contributed by atoms with Gasteiger partial charge in [0.05, 0.1) is 32.0 Å². The van der Waals surface area contributed by atoms with Gasteiger partial charge in [-0.3, -0.25) is 4.79 Å². The molecule has 12 unspecified atom stereocenters. The van der Waals surface area contributed by atoms with E-state index in [-0.39, 0.29) is 18.9 Å². The first-order valence-electron chi connectivity index (χ1n) is 29.9. The van der Waals surface area contributed by atoms with E-state index in [1.807, 2.05) is 6.08 Å². The SMILES string of the molecule is CCCCCCCC/C=C/C(O)C(COC1OC(CO)C(OC2OC(CO)C(O)C(O)C2O)C(O)C1O)NC(=O)CCCCCCCCCCCCCCCCCCCCCCCCCCCCCCCC. The van der Waals surface area contributed by atoms with Crippen LogP contribution in [0.5, 0.6) is 0 Å². The Morgan fingerprint density at radius 1 is 0.486 bits per heavy atom. The largest absolute Gasteiger partial charge is 0.394 e. The minimum Gasteiger partial charge on any atom is -0.394 e. The van der Waals surface area contributed by atoms with Gasteiger partial charge in [-0.2, -0.15) is 0 Å². The van der Waals surface area contributed by atoms with Gasteiger partial charge in [0, 0.05) is 6.42 Å². The van der Waals surface area contributed by atoms with Gasteiger partial charge in [0.2, 0.25) is 5.91 Å². The zero-order valence-electron chi connectivity index (χ0n) is 45.7. The quantitative estimate of drug-likeness (QED) is 0.0205. The van der Waals surface area contributed by atoms with Gasteiger partial charge >= 0.3 is 0 Å². The normalized spacial score (nSPS) is 25.6. The van der Waals surface area contributed by atoms with E-state index < -0.39 is 86.8 Å². The van der Waals surface area contributed by atoms with Crippen LogP contribution in [-0.4, -0.2) is 140 Å². The fraction of sp³-hybridized carbons (Fsp3) is 0.948. The first-order chi connectivity index (χ1) is 35.1. The van der Waals surface area contributed by atoms with Gasteiger partial charge in [0.15, 0.2) is 12.6 Å². The number of amides is 1. The molecule has 12 atom stereocenters. The second-order valence-electron chi connectivity index (χ2n) is 21.5. The molecule has 0 aromatic heterocycles. The number of hydrogen-bond donors (Lipinski definition) is 9. The summed E-state index contributed by atoms with van der Waals surface area (Å²) in [5.74, 6) is -0.237. The van der Waals surface area contributed by atoms with Crippen molar-refractivity contribution in [2.45, 2.75) is 331 Å². The molecule has 1 amide bonds. The van der Waals surface area contributed by atoms with Crippen molar-refractivity contribution in [2.75, 3.05) is 19.8 Å². The number of hydrogen-bond acceptors (Lipinski definition) is 13. The smallest absolute Gasteiger partial charge is 0.220 e. The van der Waals surface area contributed by atoms with Crippen LogP contribution >= 0.6 is 0 Å². The average Bonchev–Trinajstić information content (AvgIpc) is 3.38. The van der Waals surface area contributed by atoms with Crippen LogP contribution in [0.15, 0.2) is 12.2 Å². The molecule has 0 aromatic carbocycles. The molecule has 0 bridgehead atoms. The molecule has 2 saturated heterocycles. The molecule has 0 aliphatic carbocycles. The molecule has 426 valence electrons. The van der Waals surface area contributed by atoms with Crippen molar-refractivity contribution in [3.8, 4) is 0 Å². The Labute approximate surface area is 437 Å². The number of ether oxygens (including phenoxy) is 4.